The summed E-state index contributed by atoms with van der Waals surface area (Å²) in [5.41, 5.74) is 2.46. The normalized spacial score (nSPS) is 11.4. The van der Waals surface area contributed by atoms with Crippen LogP contribution in [-0.2, 0) is 10.0 Å². The Bertz CT molecular complexity index is 932. The highest BCUT2D eigenvalue weighted by Crippen LogP contribution is 2.31. The molecule has 2 heterocycles. The molecule has 0 aliphatic heterocycles. The molecule has 3 aromatic rings. The lowest BCUT2D eigenvalue weighted by molar-refractivity contribution is 0.601. The van der Waals surface area contributed by atoms with Crippen molar-refractivity contribution < 1.29 is 8.42 Å². The molecule has 1 aromatic carbocycles. The van der Waals surface area contributed by atoms with Crippen LogP contribution >= 0.6 is 11.3 Å². The number of nitrogens with one attached hydrogen (secondary N) is 1. The molecule has 2 aromatic heterocycles. The molecular weight excluding hydrogens is 328 g/mol. The van der Waals surface area contributed by atoms with Crippen LogP contribution in [0.1, 0.15) is 10.4 Å². The number of nitrogens with zero attached hydrogens (tertiary/aromatic N) is 1. The number of hydrogen-bond donors (Lipinski definition) is 1. The van der Waals surface area contributed by atoms with Crippen molar-refractivity contribution in [2.45, 2.75) is 18.7 Å². The first-order valence-corrected chi connectivity index (χ1v) is 9.36. The summed E-state index contributed by atoms with van der Waals surface area (Å²) < 4.78 is 27.6. The predicted octanol–water partition coefficient (Wildman–Crippen LogP) is 4.23. The standard InChI is InChI=1S/C17H16N2O2S2/c1-12-3-5-14(17-6-4-13(2)22-17)11-16(12)19-23(20,21)15-7-9-18-10-8-15/h3-11,19H,1-2H3. The predicted molar refractivity (Wildman–Crippen MR) is 94.3 cm³/mol. The Morgan fingerprint density at radius 1 is 1.00 bits per heavy atom. The highest BCUT2D eigenvalue weighted by atomic mass is 32.2. The fraction of sp³-hybridized carbons (Fsp3) is 0.118. The maximum atomic E-state index is 12.5. The second-order valence-corrected chi connectivity index (χ2v) is 8.20. The van der Waals surface area contributed by atoms with Crippen molar-refractivity contribution in [3.8, 4) is 10.4 Å². The molecule has 3 rings (SSSR count). The average molecular weight is 344 g/mol. The molecule has 6 heteroatoms. The summed E-state index contributed by atoms with van der Waals surface area (Å²) in [7, 11) is -3.62. The maximum absolute atomic E-state index is 12.5. The van der Waals surface area contributed by atoms with Gasteiger partial charge in [-0.15, -0.1) is 11.3 Å². The van der Waals surface area contributed by atoms with Crippen molar-refractivity contribution in [2.75, 3.05) is 4.72 Å². The van der Waals surface area contributed by atoms with Crippen molar-refractivity contribution >= 4 is 27.0 Å². The molecule has 0 aliphatic rings. The lowest BCUT2D eigenvalue weighted by Crippen LogP contribution is -2.13. The van der Waals surface area contributed by atoms with Crippen LogP contribution in [0.5, 0.6) is 0 Å². The Morgan fingerprint density at radius 3 is 2.39 bits per heavy atom. The third-order valence-corrected chi connectivity index (χ3v) is 5.90. The van der Waals surface area contributed by atoms with Crippen LogP contribution in [0.15, 0.2) is 59.8 Å². The Kier molecular flexibility index (Phi) is 4.19. The van der Waals surface area contributed by atoms with Gasteiger partial charge in [0.15, 0.2) is 0 Å². The number of aryl methyl sites for hydroxylation is 2. The van der Waals surface area contributed by atoms with E-state index in [1.807, 2.05) is 31.2 Å². The molecule has 0 fully saturated rings. The van der Waals surface area contributed by atoms with Gasteiger partial charge in [0.05, 0.1) is 10.6 Å². The summed E-state index contributed by atoms with van der Waals surface area (Å²) in [5.74, 6) is 0. The average Bonchev–Trinajstić information content (AvgIpc) is 2.97. The van der Waals surface area contributed by atoms with Gasteiger partial charge in [-0.3, -0.25) is 9.71 Å². The molecule has 0 aliphatic carbocycles. The third-order valence-electron chi connectivity index (χ3n) is 3.47. The summed E-state index contributed by atoms with van der Waals surface area (Å²) in [4.78, 5) is 6.39. The highest BCUT2D eigenvalue weighted by molar-refractivity contribution is 7.92. The quantitative estimate of drug-likeness (QED) is 0.770. The zero-order valence-electron chi connectivity index (χ0n) is 12.8. The molecule has 0 saturated carbocycles. The molecule has 0 radical (unpaired) electrons. The molecule has 0 saturated heterocycles. The number of benzene rings is 1. The Morgan fingerprint density at radius 2 is 1.74 bits per heavy atom. The van der Waals surface area contributed by atoms with Crippen molar-refractivity contribution in [1.82, 2.24) is 4.98 Å². The monoisotopic (exact) mass is 344 g/mol. The van der Waals surface area contributed by atoms with Gasteiger partial charge in [-0.05, 0) is 55.3 Å². The van der Waals surface area contributed by atoms with Gasteiger partial charge in [0.1, 0.15) is 0 Å². The third kappa shape index (κ3) is 3.43. The van der Waals surface area contributed by atoms with E-state index in [2.05, 4.69) is 22.7 Å². The molecule has 118 valence electrons. The fourth-order valence-corrected chi connectivity index (χ4v) is 4.17. The fourth-order valence-electron chi connectivity index (χ4n) is 2.20. The van der Waals surface area contributed by atoms with Crippen molar-refractivity contribution in [1.29, 1.82) is 0 Å². The number of thiophene rings is 1. The van der Waals surface area contributed by atoms with Crippen LogP contribution in [0.2, 0.25) is 0 Å². The van der Waals surface area contributed by atoms with E-state index in [-0.39, 0.29) is 4.90 Å². The minimum absolute atomic E-state index is 0.198. The van der Waals surface area contributed by atoms with Crippen LogP contribution in [0.4, 0.5) is 5.69 Å². The van der Waals surface area contributed by atoms with E-state index in [1.165, 1.54) is 29.4 Å². The zero-order valence-corrected chi connectivity index (χ0v) is 14.4. The number of sulfonamides is 1. The smallest absolute Gasteiger partial charge is 0.262 e. The molecule has 0 bridgehead atoms. The largest absolute Gasteiger partial charge is 0.279 e. The van der Waals surface area contributed by atoms with Crippen LogP contribution in [0.3, 0.4) is 0 Å². The SMILES string of the molecule is Cc1ccc(-c2ccc(C)c(NS(=O)(=O)c3ccncc3)c2)s1. The van der Waals surface area contributed by atoms with E-state index in [4.69, 9.17) is 0 Å². The summed E-state index contributed by atoms with van der Waals surface area (Å²) in [6.45, 7) is 3.93. The summed E-state index contributed by atoms with van der Waals surface area (Å²) in [6, 6.07) is 12.9. The Labute approximate surface area is 139 Å². The number of hydrogen-bond acceptors (Lipinski definition) is 4. The molecule has 1 N–H and O–H groups in total. The van der Waals surface area contributed by atoms with Gasteiger partial charge in [-0.25, -0.2) is 8.42 Å². The first-order valence-electron chi connectivity index (χ1n) is 7.06. The number of anilines is 1. The van der Waals surface area contributed by atoms with Gasteiger partial charge < -0.3 is 0 Å². The van der Waals surface area contributed by atoms with Crippen LogP contribution in [0, 0.1) is 13.8 Å². The van der Waals surface area contributed by atoms with Gasteiger partial charge in [-0.1, -0.05) is 12.1 Å². The van der Waals surface area contributed by atoms with Crippen LogP contribution < -0.4 is 4.72 Å². The lowest BCUT2D eigenvalue weighted by atomic mass is 10.1. The number of aromatic nitrogens is 1. The van der Waals surface area contributed by atoms with Gasteiger partial charge in [0.25, 0.3) is 10.0 Å². The first-order chi connectivity index (χ1) is 11.0. The second-order valence-electron chi connectivity index (χ2n) is 5.23. The highest BCUT2D eigenvalue weighted by Gasteiger charge is 2.15. The van der Waals surface area contributed by atoms with E-state index < -0.39 is 10.0 Å². The summed E-state index contributed by atoms with van der Waals surface area (Å²) in [5, 5.41) is 0. The molecule has 4 nitrogen and oxygen atoms in total. The van der Waals surface area contributed by atoms with Crippen molar-refractivity contribution in [3.05, 3.63) is 65.3 Å². The summed E-state index contributed by atoms with van der Waals surface area (Å²) >= 11 is 1.68. The maximum Gasteiger partial charge on any atom is 0.262 e. The Hall–Kier alpha value is -2.18. The van der Waals surface area contributed by atoms with Gasteiger partial charge in [0.2, 0.25) is 0 Å². The minimum Gasteiger partial charge on any atom is -0.279 e. The van der Waals surface area contributed by atoms with Crippen LogP contribution in [-0.4, -0.2) is 13.4 Å². The van der Waals surface area contributed by atoms with E-state index >= 15 is 0 Å². The topological polar surface area (TPSA) is 59.1 Å². The van der Waals surface area contributed by atoms with E-state index in [0.717, 1.165) is 16.0 Å². The molecular formula is C17H16N2O2S2. The molecule has 0 atom stereocenters. The second kappa shape index (κ2) is 6.14. The molecule has 23 heavy (non-hydrogen) atoms. The van der Waals surface area contributed by atoms with E-state index in [9.17, 15) is 8.42 Å². The minimum atomic E-state index is -3.62. The van der Waals surface area contributed by atoms with Crippen molar-refractivity contribution in [2.24, 2.45) is 0 Å². The van der Waals surface area contributed by atoms with E-state index in [0.29, 0.717) is 5.69 Å². The molecule has 0 unspecified atom stereocenters. The first kappa shape index (κ1) is 15.7. The Balaban J connectivity index is 1.97. The van der Waals surface area contributed by atoms with Gasteiger partial charge >= 0.3 is 0 Å². The van der Waals surface area contributed by atoms with Crippen LogP contribution in [0.25, 0.3) is 10.4 Å². The molecule has 0 amide bonds. The van der Waals surface area contributed by atoms with Gasteiger partial charge in [-0.2, -0.15) is 0 Å². The van der Waals surface area contributed by atoms with Crippen molar-refractivity contribution in [3.63, 3.8) is 0 Å². The van der Waals surface area contributed by atoms with Gasteiger partial charge in [0, 0.05) is 22.1 Å². The number of pyridine rings is 1. The van der Waals surface area contributed by atoms with E-state index in [1.54, 1.807) is 11.3 Å². The lowest BCUT2D eigenvalue weighted by Gasteiger charge is -2.12. The summed E-state index contributed by atoms with van der Waals surface area (Å²) in [6.07, 6.45) is 2.93. The zero-order chi connectivity index (χ0) is 16.4. The molecule has 0 spiro atoms. The number of rotatable bonds is 4.